The van der Waals surface area contributed by atoms with E-state index < -0.39 is 4.33 Å². The van der Waals surface area contributed by atoms with E-state index >= 15 is 0 Å². The number of benzene rings is 1. The Kier molecular flexibility index (Phi) is 4.25. The Bertz CT molecular complexity index is 786. The van der Waals surface area contributed by atoms with Crippen molar-refractivity contribution in [1.82, 2.24) is 4.90 Å². The van der Waals surface area contributed by atoms with E-state index in [0.29, 0.717) is 9.95 Å². The van der Waals surface area contributed by atoms with Crippen molar-refractivity contribution in [3.63, 3.8) is 0 Å². The highest BCUT2D eigenvalue weighted by Crippen LogP contribution is 2.58. The maximum absolute atomic E-state index is 12.0. The van der Waals surface area contributed by atoms with Crippen LogP contribution in [0.4, 0.5) is 5.69 Å². The summed E-state index contributed by atoms with van der Waals surface area (Å²) in [5.41, 5.74) is 2.94. The molecule has 5 nitrogen and oxygen atoms in total. The fourth-order valence-corrected chi connectivity index (χ4v) is 5.51. The third-order valence-electron chi connectivity index (χ3n) is 4.08. The molecule has 0 amide bonds. The zero-order chi connectivity index (χ0) is 17.6. The number of Topliss-reactive ketones (excluding diaryl/α,β-unsaturated/α-hetero) is 2. The molecule has 0 fully saturated rings. The van der Waals surface area contributed by atoms with E-state index in [2.05, 4.69) is 5.10 Å². The molecule has 1 aromatic carbocycles. The molecule has 0 saturated carbocycles. The van der Waals surface area contributed by atoms with E-state index in [1.807, 2.05) is 55.1 Å². The molecule has 0 N–H and O–H groups in total. The lowest BCUT2D eigenvalue weighted by atomic mass is 10.2. The number of carbonyl (C=O) groups is 2. The molecular formula is C17H19N3O2S2. The number of carbonyl (C=O) groups excluding carboxylic acids is 2. The van der Waals surface area contributed by atoms with Crippen molar-refractivity contribution in [2.45, 2.75) is 32.0 Å². The highest BCUT2D eigenvalue weighted by molar-refractivity contribution is 8.28. The molecule has 0 radical (unpaired) electrons. The van der Waals surface area contributed by atoms with Gasteiger partial charge in [0.2, 0.25) is 4.33 Å². The molecule has 2 aliphatic rings. The van der Waals surface area contributed by atoms with Crippen LogP contribution in [0.1, 0.15) is 26.3 Å². The molecule has 24 heavy (non-hydrogen) atoms. The Morgan fingerprint density at radius 3 is 2.17 bits per heavy atom. The topological polar surface area (TPSA) is 53.0 Å². The summed E-state index contributed by atoms with van der Waals surface area (Å²) in [7, 11) is 1.94. The fraction of sp³-hybridized carbons (Fsp3) is 0.353. The standard InChI is InChI=1S/C17H19N3O2S2/c1-10-6-8-14(9-7-10)20-17(24-16(18-20)13(4)22)19(5)11(2)15(23-17)12(3)21/h6-9H,1-5H3/t17-/m0/s1. The van der Waals surface area contributed by atoms with Gasteiger partial charge in [-0.1, -0.05) is 29.5 Å². The third-order valence-corrected chi connectivity index (χ3v) is 7.35. The van der Waals surface area contributed by atoms with Gasteiger partial charge in [0, 0.05) is 19.7 Å². The van der Waals surface area contributed by atoms with Gasteiger partial charge >= 0.3 is 0 Å². The number of ketones is 2. The van der Waals surface area contributed by atoms with Crippen LogP contribution in [0.5, 0.6) is 0 Å². The molecule has 0 saturated heterocycles. The van der Waals surface area contributed by atoms with Gasteiger partial charge in [-0.2, -0.15) is 5.10 Å². The second kappa shape index (κ2) is 5.97. The van der Waals surface area contributed by atoms with Gasteiger partial charge < -0.3 is 4.90 Å². The van der Waals surface area contributed by atoms with Crippen molar-refractivity contribution >= 4 is 45.8 Å². The summed E-state index contributed by atoms with van der Waals surface area (Å²) in [4.78, 5) is 26.7. The largest absolute Gasteiger partial charge is 0.335 e. The normalized spacial score (nSPS) is 23.3. The van der Waals surface area contributed by atoms with Gasteiger partial charge in [0.1, 0.15) is 0 Å². The summed E-state index contributed by atoms with van der Waals surface area (Å²) in [5, 5.41) is 6.86. The zero-order valence-electron chi connectivity index (χ0n) is 14.3. The smallest absolute Gasteiger partial charge is 0.241 e. The third kappa shape index (κ3) is 2.56. The molecule has 0 aromatic heterocycles. The van der Waals surface area contributed by atoms with E-state index in [0.717, 1.165) is 16.9 Å². The first-order valence-corrected chi connectivity index (χ1v) is 9.19. The molecule has 1 atom stereocenters. The molecule has 1 spiro atoms. The minimum absolute atomic E-state index is 0.0296. The number of allylic oxidation sites excluding steroid dienone is 2. The lowest BCUT2D eigenvalue weighted by Gasteiger charge is -2.39. The van der Waals surface area contributed by atoms with Gasteiger partial charge in [0.15, 0.2) is 16.6 Å². The molecule has 126 valence electrons. The Morgan fingerprint density at radius 1 is 1.04 bits per heavy atom. The van der Waals surface area contributed by atoms with Crippen molar-refractivity contribution < 1.29 is 9.59 Å². The summed E-state index contributed by atoms with van der Waals surface area (Å²) in [5.74, 6) is -0.0427. The second-order valence-electron chi connectivity index (χ2n) is 5.89. The molecule has 7 heteroatoms. The monoisotopic (exact) mass is 361 g/mol. The molecule has 0 aliphatic carbocycles. The second-order valence-corrected chi connectivity index (χ2v) is 8.49. The van der Waals surface area contributed by atoms with Crippen LogP contribution in [-0.2, 0) is 9.59 Å². The molecule has 0 bridgehead atoms. The number of thioether (sulfide) groups is 2. The van der Waals surface area contributed by atoms with Crippen molar-refractivity contribution in [3.8, 4) is 0 Å². The molecule has 2 heterocycles. The number of hydrazone groups is 1. The van der Waals surface area contributed by atoms with Crippen molar-refractivity contribution in [1.29, 1.82) is 0 Å². The van der Waals surface area contributed by atoms with E-state index in [9.17, 15) is 9.59 Å². The molecule has 0 unspecified atom stereocenters. The number of rotatable bonds is 3. The average molecular weight is 361 g/mol. The van der Waals surface area contributed by atoms with Gasteiger partial charge in [-0.3, -0.25) is 9.59 Å². The minimum atomic E-state index is -0.679. The summed E-state index contributed by atoms with van der Waals surface area (Å²) < 4.78 is -0.679. The Morgan fingerprint density at radius 2 is 1.67 bits per heavy atom. The van der Waals surface area contributed by atoms with E-state index in [1.54, 1.807) is 6.92 Å². The van der Waals surface area contributed by atoms with Crippen LogP contribution >= 0.6 is 23.5 Å². The van der Waals surface area contributed by atoms with E-state index in [-0.39, 0.29) is 11.6 Å². The Labute approximate surface area is 150 Å². The number of aryl methyl sites for hydroxylation is 1. The quantitative estimate of drug-likeness (QED) is 0.820. The summed E-state index contributed by atoms with van der Waals surface area (Å²) in [6.45, 7) is 7.04. The predicted octanol–water partition coefficient (Wildman–Crippen LogP) is 3.56. The first-order valence-electron chi connectivity index (χ1n) is 7.56. The first-order chi connectivity index (χ1) is 11.3. The lowest BCUT2D eigenvalue weighted by Crippen LogP contribution is -2.47. The van der Waals surface area contributed by atoms with E-state index in [4.69, 9.17) is 0 Å². The Balaban J connectivity index is 2.08. The minimum Gasteiger partial charge on any atom is -0.335 e. The van der Waals surface area contributed by atoms with Crippen LogP contribution in [0.25, 0.3) is 0 Å². The van der Waals surface area contributed by atoms with Crippen molar-refractivity contribution in [3.05, 3.63) is 40.4 Å². The van der Waals surface area contributed by atoms with Crippen LogP contribution in [-0.4, -0.2) is 32.9 Å². The van der Waals surface area contributed by atoms with Gasteiger partial charge in [-0.25, -0.2) is 5.01 Å². The molecule has 1 aromatic rings. The predicted molar refractivity (Wildman–Crippen MR) is 101 cm³/mol. The van der Waals surface area contributed by atoms with Gasteiger partial charge in [-0.15, -0.1) is 0 Å². The first kappa shape index (κ1) is 17.1. The molecular weight excluding hydrogens is 342 g/mol. The van der Waals surface area contributed by atoms with Gasteiger partial charge in [-0.05, 0) is 44.7 Å². The fourth-order valence-electron chi connectivity index (χ4n) is 2.63. The van der Waals surface area contributed by atoms with Gasteiger partial charge in [0.05, 0.1) is 10.6 Å². The highest BCUT2D eigenvalue weighted by atomic mass is 32.2. The van der Waals surface area contributed by atoms with Crippen LogP contribution in [0.3, 0.4) is 0 Å². The maximum Gasteiger partial charge on any atom is 0.241 e. The summed E-state index contributed by atoms with van der Waals surface area (Å²) >= 11 is 2.84. The SMILES string of the molecule is CC(=O)C1=NN(c2ccc(C)cc2)[C@]2(S1)SC(C(C)=O)=C(C)N2C. The summed E-state index contributed by atoms with van der Waals surface area (Å²) in [6.07, 6.45) is 0. The number of anilines is 1. The Hall–Kier alpha value is -1.73. The van der Waals surface area contributed by atoms with Crippen molar-refractivity contribution in [2.75, 3.05) is 12.1 Å². The number of hydrogen-bond acceptors (Lipinski definition) is 7. The number of nitrogens with zero attached hydrogens (tertiary/aromatic N) is 3. The van der Waals surface area contributed by atoms with Crippen molar-refractivity contribution in [2.24, 2.45) is 5.10 Å². The summed E-state index contributed by atoms with van der Waals surface area (Å²) in [6, 6.07) is 8.00. The average Bonchev–Trinajstić information content (AvgIpc) is 3.03. The molecule has 2 aliphatic heterocycles. The number of hydrogen-bond donors (Lipinski definition) is 0. The zero-order valence-corrected chi connectivity index (χ0v) is 15.9. The van der Waals surface area contributed by atoms with Crippen LogP contribution in [0, 0.1) is 6.92 Å². The van der Waals surface area contributed by atoms with E-state index in [1.165, 1.54) is 30.4 Å². The van der Waals surface area contributed by atoms with Crippen LogP contribution < -0.4 is 5.01 Å². The van der Waals surface area contributed by atoms with Gasteiger partial charge in [0.25, 0.3) is 0 Å². The molecule has 3 rings (SSSR count). The lowest BCUT2D eigenvalue weighted by molar-refractivity contribution is -0.113. The highest BCUT2D eigenvalue weighted by Gasteiger charge is 2.55. The van der Waals surface area contributed by atoms with Crippen LogP contribution in [0.15, 0.2) is 40.0 Å². The maximum atomic E-state index is 12.0. The van der Waals surface area contributed by atoms with Crippen LogP contribution in [0.2, 0.25) is 0 Å².